The summed E-state index contributed by atoms with van der Waals surface area (Å²) in [4.78, 5) is 14.8. The Labute approximate surface area is 172 Å². The second kappa shape index (κ2) is 7.88. The number of thioether (sulfide) groups is 1. The first kappa shape index (κ1) is 18.3. The zero-order valence-corrected chi connectivity index (χ0v) is 16.2. The van der Waals surface area contributed by atoms with Crippen molar-refractivity contribution in [2.24, 2.45) is 0 Å². The van der Waals surface area contributed by atoms with Gasteiger partial charge in [-0.15, -0.1) is 0 Å². The van der Waals surface area contributed by atoms with Crippen LogP contribution in [0.5, 0.6) is 17.2 Å². The minimum absolute atomic E-state index is 0.121. The lowest BCUT2D eigenvalue weighted by molar-refractivity contribution is -0.113. The quantitative estimate of drug-likeness (QED) is 0.453. The summed E-state index contributed by atoms with van der Waals surface area (Å²) in [5, 5.41) is 9.93. The van der Waals surface area contributed by atoms with Crippen molar-refractivity contribution in [1.82, 2.24) is 0 Å². The molecule has 6 heteroatoms. The van der Waals surface area contributed by atoms with Crippen molar-refractivity contribution >= 4 is 46.0 Å². The Hall–Kier alpha value is -3.09. The zero-order chi connectivity index (χ0) is 19.5. The number of nitrogens with zero attached hydrogens (tertiary/aromatic N) is 1. The molecule has 0 unspecified atom stereocenters. The summed E-state index contributed by atoms with van der Waals surface area (Å²) in [5.41, 5.74) is 1.25. The Morgan fingerprint density at radius 1 is 0.893 bits per heavy atom. The van der Waals surface area contributed by atoms with Gasteiger partial charge in [-0.2, -0.15) is 0 Å². The van der Waals surface area contributed by atoms with Crippen LogP contribution in [0.3, 0.4) is 0 Å². The molecule has 0 saturated carbocycles. The van der Waals surface area contributed by atoms with Gasteiger partial charge in [-0.3, -0.25) is 9.69 Å². The van der Waals surface area contributed by atoms with Crippen LogP contribution in [0.1, 0.15) is 5.56 Å². The van der Waals surface area contributed by atoms with E-state index >= 15 is 0 Å². The molecular formula is C22H15NO3S2. The van der Waals surface area contributed by atoms with Crippen molar-refractivity contribution in [3.05, 3.63) is 89.3 Å². The number of benzene rings is 3. The lowest BCUT2D eigenvalue weighted by Gasteiger charge is -2.15. The van der Waals surface area contributed by atoms with E-state index in [4.69, 9.17) is 17.0 Å². The fraction of sp³-hybridized carbons (Fsp3) is 0. The topological polar surface area (TPSA) is 49.8 Å². The average molecular weight is 406 g/mol. The first-order valence-electron chi connectivity index (χ1n) is 8.51. The molecule has 3 aromatic rings. The van der Waals surface area contributed by atoms with Gasteiger partial charge in [0.25, 0.3) is 5.91 Å². The number of ether oxygens (including phenoxy) is 1. The standard InChI is InChI=1S/C22H15NO3S2/c24-19-9-5-4-6-15(19)14-20-21(25)23(22(27)28-20)16-10-12-18(13-11-16)26-17-7-2-1-3-8-17/h1-14,24H/b20-14-. The molecule has 0 atom stereocenters. The number of hydrogen-bond donors (Lipinski definition) is 1. The van der Waals surface area contributed by atoms with Crippen LogP contribution in [0.25, 0.3) is 6.08 Å². The minimum atomic E-state index is -0.213. The lowest BCUT2D eigenvalue weighted by atomic mass is 10.2. The van der Waals surface area contributed by atoms with E-state index in [9.17, 15) is 9.90 Å². The third kappa shape index (κ3) is 3.78. The number of anilines is 1. The number of aromatic hydroxyl groups is 1. The second-order valence-electron chi connectivity index (χ2n) is 5.98. The van der Waals surface area contributed by atoms with Gasteiger partial charge in [-0.25, -0.2) is 0 Å². The highest BCUT2D eigenvalue weighted by Crippen LogP contribution is 2.37. The van der Waals surface area contributed by atoms with Gasteiger partial charge in [0.2, 0.25) is 0 Å². The smallest absolute Gasteiger partial charge is 0.270 e. The van der Waals surface area contributed by atoms with Crippen LogP contribution in [0, 0.1) is 0 Å². The largest absolute Gasteiger partial charge is 0.507 e. The number of rotatable bonds is 4. The van der Waals surface area contributed by atoms with Crippen molar-refractivity contribution in [2.45, 2.75) is 0 Å². The number of thiocarbonyl (C=S) groups is 1. The minimum Gasteiger partial charge on any atom is -0.507 e. The molecule has 1 N–H and O–H groups in total. The van der Waals surface area contributed by atoms with Crippen LogP contribution in [-0.4, -0.2) is 15.3 Å². The van der Waals surface area contributed by atoms with E-state index in [1.807, 2.05) is 30.3 Å². The van der Waals surface area contributed by atoms with Gasteiger partial charge in [-0.1, -0.05) is 60.4 Å². The molecule has 1 heterocycles. The lowest BCUT2D eigenvalue weighted by Crippen LogP contribution is -2.27. The summed E-state index contributed by atoms with van der Waals surface area (Å²) in [7, 11) is 0. The van der Waals surface area contributed by atoms with Gasteiger partial charge in [0.1, 0.15) is 17.2 Å². The maximum atomic E-state index is 12.8. The van der Waals surface area contributed by atoms with Crippen molar-refractivity contribution in [3.63, 3.8) is 0 Å². The molecule has 0 spiro atoms. The second-order valence-corrected chi connectivity index (χ2v) is 7.66. The Morgan fingerprint density at radius 3 is 2.25 bits per heavy atom. The van der Waals surface area contributed by atoms with Crippen LogP contribution < -0.4 is 9.64 Å². The van der Waals surface area contributed by atoms with Crippen molar-refractivity contribution in [1.29, 1.82) is 0 Å². The monoisotopic (exact) mass is 405 g/mol. The zero-order valence-electron chi connectivity index (χ0n) is 14.6. The first-order valence-corrected chi connectivity index (χ1v) is 9.73. The van der Waals surface area contributed by atoms with Gasteiger partial charge < -0.3 is 9.84 Å². The molecule has 1 amide bonds. The molecule has 28 heavy (non-hydrogen) atoms. The molecule has 1 saturated heterocycles. The van der Waals surface area contributed by atoms with Crippen LogP contribution in [0.15, 0.2) is 83.8 Å². The number of phenolic OH excluding ortho intramolecular Hbond substituents is 1. The average Bonchev–Trinajstić information content (AvgIpc) is 2.98. The van der Waals surface area contributed by atoms with Gasteiger partial charge in [0.15, 0.2) is 4.32 Å². The molecule has 1 fully saturated rings. The highest BCUT2D eigenvalue weighted by atomic mass is 32.2. The molecule has 1 aliphatic rings. The maximum absolute atomic E-state index is 12.8. The Balaban J connectivity index is 1.55. The highest BCUT2D eigenvalue weighted by Gasteiger charge is 2.33. The van der Waals surface area contributed by atoms with Crippen LogP contribution in [0.2, 0.25) is 0 Å². The molecule has 1 aliphatic heterocycles. The Kier molecular flexibility index (Phi) is 5.14. The maximum Gasteiger partial charge on any atom is 0.270 e. The van der Waals surface area contributed by atoms with E-state index in [0.717, 1.165) is 5.75 Å². The Morgan fingerprint density at radius 2 is 1.54 bits per heavy atom. The number of amides is 1. The summed E-state index contributed by atoms with van der Waals surface area (Å²) in [5.74, 6) is 1.32. The van der Waals surface area contributed by atoms with Crippen LogP contribution in [-0.2, 0) is 4.79 Å². The molecule has 0 radical (unpaired) electrons. The van der Waals surface area contributed by atoms with Gasteiger partial charge in [0.05, 0.1) is 10.6 Å². The molecular weight excluding hydrogens is 390 g/mol. The normalized spacial score (nSPS) is 15.3. The van der Waals surface area contributed by atoms with E-state index in [1.165, 1.54) is 16.7 Å². The van der Waals surface area contributed by atoms with Crippen LogP contribution >= 0.6 is 24.0 Å². The summed E-state index contributed by atoms with van der Waals surface area (Å²) < 4.78 is 6.23. The molecule has 4 nitrogen and oxygen atoms in total. The highest BCUT2D eigenvalue weighted by molar-refractivity contribution is 8.27. The number of hydrogen-bond acceptors (Lipinski definition) is 5. The number of carbonyl (C=O) groups is 1. The Bertz CT molecular complexity index is 1060. The number of phenols is 1. The third-order valence-corrected chi connectivity index (χ3v) is 5.39. The molecule has 3 aromatic carbocycles. The first-order chi connectivity index (χ1) is 13.6. The summed E-state index contributed by atoms with van der Waals surface area (Å²) in [6, 6.07) is 23.5. The van der Waals surface area contributed by atoms with Gasteiger partial charge in [0, 0.05) is 5.56 Å². The molecule has 4 rings (SSSR count). The molecule has 138 valence electrons. The predicted molar refractivity (Wildman–Crippen MR) is 117 cm³/mol. The fourth-order valence-electron chi connectivity index (χ4n) is 2.73. The van der Waals surface area contributed by atoms with Crippen molar-refractivity contribution in [3.8, 4) is 17.2 Å². The van der Waals surface area contributed by atoms with E-state index in [0.29, 0.717) is 26.2 Å². The van der Waals surface area contributed by atoms with E-state index < -0.39 is 0 Å². The number of carbonyl (C=O) groups excluding carboxylic acids is 1. The molecule has 0 aliphatic carbocycles. The summed E-state index contributed by atoms with van der Waals surface area (Å²) in [6.45, 7) is 0. The van der Waals surface area contributed by atoms with Crippen LogP contribution in [0.4, 0.5) is 5.69 Å². The van der Waals surface area contributed by atoms with E-state index in [1.54, 1.807) is 54.6 Å². The van der Waals surface area contributed by atoms with E-state index in [-0.39, 0.29) is 11.7 Å². The predicted octanol–water partition coefficient (Wildman–Crippen LogP) is 5.59. The SMILES string of the molecule is O=C1/C(=C/c2ccccc2O)SC(=S)N1c1ccc(Oc2ccccc2)cc1. The number of para-hydroxylation sites is 2. The van der Waals surface area contributed by atoms with E-state index in [2.05, 4.69) is 0 Å². The van der Waals surface area contributed by atoms with Gasteiger partial charge >= 0.3 is 0 Å². The summed E-state index contributed by atoms with van der Waals surface area (Å²) >= 11 is 6.61. The molecule has 0 aromatic heterocycles. The third-order valence-electron chi connectivity index (χ3n) is 4.09. The fourth-order valence-corrected chi connectivity index (χ4v) is 4.02. The summed E-state index contributed by atoms with van der Waals surface area (Å²) in [6.07, 6.45) is 1.65. The van der Waals surface area contributed by atoms with Gasteiger partial charge in [-0.05, 0) is 48.5 Å². The molecule has 0 bridgehead atoms. The van der Waals surface area contributed by atoms with Crippen molar-refractivity contribution < 1.29 is 14.6 Å². The van der Waals surface area contributed by atoms with Crippen molar-refractivity contribution in [2.75, 3.05) is 4.90 Å².